The molecule has 1 heterocycles. The molecule has 5 nitrogen and oxygen atoms in total. The molecule has 0 aromatic heterocycles. The maximum Gasteiger partial charge on any atom is 0.240 e. The number of benzene rings is 1. The molecule has 2 rings (SSSR count). The number of hydrogen-bond acceptors (Lipinski definition) is 4. The summed E-state index contributed by atoms with van der Waals surface area (Å²) in [5.74, 6) is 0. The highest BCUT2D eigenvalue weighted by molar-refractivity contribution is 7.89. The second kappa shape index (κ2) is 6.87. The second-order valence-electron chi connectivity index (χ2n) is 5.69. The van der Waals surface area contributed by atoms with Gasteiger partial charge in [0.15, 0.2) is 0 Å². The molecule has 0 saturated carbocycles. The van der Waals surface area contributed by atoms with Gasteiger partial charge in [-0.2, -0.15) is 0 Å². The number of likely N-dealkylation sites (tertiary alicyclic amines) is 1. The van der Waals surface area contributed by atoms with Gasteiger partial charge in [0.05, 0.1) is 11.5 Å². The number of aryl methyl sites for hydroxylation is 1. The Labute approximate surface area is 127 Å². The van der Waals surface area contributed by atoms with Gasteiger partial charge < -0.3 is 5.11 Å². The number of sulfonamides is 1. The lowest BCUT2D eigenvalue weighted by molar-refractivity contribution is 0.260. The molecule has 1 fully saturated rings. The van der Waals surface area contributed by atoms with Crippen LogP contribution in [0.2, 0.25) is 0 Å². The van der Waals surface area contributed by atoms with E-state index in [0.29, 0.717) is 12.1 Å². The lowest BCUT2D eigenvalue weighted by Crippen LogP contribution is -2.40. The van der Waals surface area contributed by atoms with E-state index in [1.807, 2.05) is 13.8 Å². The van der Waals surface area contributed by atoms with Gasteiger partial charge in [-0.15, -0.1) is 0 Å². The third kappa shape index (κ3) is 4.03. The molecule has 1 aliphatic heterocycles. The average Bonchev–Trinajstić information content (AvgIpc) is 2.99. The minimum Gasteiger partial charge on any atom is -0.392 e. The summed E-state index contributed by atoms with van der Waals surface area (Å²) < 4.78 is 27.3. The maximum absolute atomic E-state index is 12.3. The monoisotopic (exact) mass is 312 g/mol. The molecule has 0 bridgehead atoms. The second-order valence-corrected chi connectivity index (χ2v) is 7.46. The van der Waals surface area contributed by atoms with Crippen molar-refractivity contribution in [3.63, 3.8) is 0 Å². The molecule has 0 radical (unpaired) electrons. The van der Waals surface area contributed by atoms with E-state index in [-0.39, 0.29) is 17.5 Å². The van der Waals surface area contributed by atoms with E-state index >= 15 is 0 Å². The van der Waals surface area contributed by atoms with Crippen LogP contribution in [-0.2, 0) is 16.6 Å². The lowest BCUT2D eigenvalue weighted by Gasteiger charge is -2.23. The number of aliphatic hydroxyl groups is 1. The zero-order chi connectivity index (χ0) is 15.5. The van der Waals surface area contributed by atoms with Crippen molar-refractivity contribution in [1.29, 1.82) is 0 Å². The van der Waals surface area contributed by atoms with Crippen LogP contribution >= 0.6 is 0 Å². The van der Waals surface area contributed by atoms with E-state index in [0.717, 1.165) is 18.7 Å². The highest BCUT2D eigenvalue weighted by atomic mass is 32.2. The van der Waals surface area contributed by atoms with Crippen LogP contribution in [0.25, 0.3) is 0 Å². The quantitative estimate of drug-likeness (QED) is 0.829. The molecule has 2 N–H and O–H groups in total. The topological polar surface area (TPSA) is 69.6 Å². The van der Waals surface area contributed by atoms with Gasteiger partial charge in [0.1, 0.15) is 0 Å². The van der Waals surface area contributed by atoms with Crippen molar-refractivity contribution >= 4 is 10.0 Å². The van der Waals surface area contributed by atoms with E-state index in [1.54, 1.807) is 12.1 Å². The smallest absolute Gasteiger partial charge is 0.240 e. The molecule has 1 atom stereocenters. The molecule has 0 amide bonds. The van der Waals surface area contributed by atoms with Crippen molar-refractivity contribution < 1.29 is 13.5 Å². The Morgan fingerprint density at radius 2 is 2.00 bits per heavy atom. The van der Waals surface area contributed by atoms with Gasteiger partial charge >= 0.3 is 0 Å². The van der Waals surface area contributed by atoms with Gasteiger partial charge in [0, 0.05) is 12.6 Å². The van der Waals surface area contributed by atoms with Crippen molar-refractivity contribution in [2.24, 2.45) is 0 Å². The largest absolute Gasteiger partial charge is 0.392 e. The predicted molar refractivity (Wildman–Crippen MR) is 82.6 cm³/mol. The fourth-order valence-electron chi connectivity index (χ4n) is 2.61. The Bertz CT molecular complexity index is 581. The summed E-state index contributed by atoms with van der Waals surface area (Å²) in [6.45, 7) is 6.24. The van der Waals surface area contributed by atoms with Crippen molar-refractivity contribution in [3.05, 3.63) is 29.3 Å². The first-order valence-corrected chi connectivity index (χ1v) is 8.86. The van der Waals surface area contributed by atoms with Gasteiger partial charge in [0.2, 0.25) is 10.0 Å². The third-order valence-electron chi connectivity index (χ3n) is 4.13. The van der Waals surface area contributed by atoms with Crippen molar-refractivity contribution in [3.8, 4) is 0 Å². The van der Waals surface area contributed by atoms with Gasteiger partial charge in [-0.3, -0.25) is 4.90 Å². The Kier molecular flexibility index (Phi) is 5.37. The van der Waals surface area contributed by atoms with E-state index < -0.39 is 10.0 Å². The standard InChI is InChI=1S/C15H24N2O3S/c1-12-5-6-15(9-14(12)11-18)21(19,20)16-10-13(2)17-7-3-4-8-17/h5-6,9,13,16,18H,3-4,7-8,10-11H2,1-2H3. The normalized spacial score (nSPS) is 18.0. The first-order valence-electron chi connectivity index (χ1n) is 7.38. The average molecular weight is 312 g/mol. The van der Waals surface area contributed by atoms with E-state index in [9.17, 15) is 13.5 Å². The fourth-order valence-corrected chi connectivity index (χ4v) is 3.78. The Morgan fingerprint density at radius 1 is 1.33 bits per heavy atom. The van der Waals surface area contributed by atoms with Gasteiger partial charge in [-0.1, -0.05) is 6.07 Å². The summed E-state index contributed by atoms with van der Waals surface area (Å²) in [6.07, 6.45) is 2.38. The van der Waals surface area contributed by atoms with Crippen LogP contribution < -0.4 is 4.72 Å². The van der Waals surface area contributed by atoms with Gasteiger partial charge in [0.25, 0.3) is 0 Å². The summed E-state index contributed by atoms with van der Waals surface area (Å²) in [7, 11) is -3.52. The van der Waals surface area contributed by atoms with Gasteiger partial charge in [-0.25, -0.2) is 13.1 Å². The molecule has 0 spiro atoms. The summed E-state index contributed by atoms with van der Waals surface area (Å²) in [5.41, 5.74) is 1.53. The lowest BCUT2D eigenvalue weighted by atomic mass is 10.1. The third-order valence-corrected chi connectivity index (χ3v) is 5.56. The van der Waals surface area contributed by atoms with E-state index in [4.69, 9.17) is 0 Å². The summed E-state index contributed by atoms with van der Waals surface area (Å²) >= 11 is 0. The number of hydrogen-bond donors (Lipinski definition) is 2. The SMILES string of the molecule is Cc1ccc(S(=O)(=O)NCC(C)N2CCCC2)cc1CO. The first kappa shape index (κ1) is 16.4. The Balaban J connectivity index is 2.04. The van der Waals surface area contributed by atoms with Crippen molar-refractivity contribution in [2.45, 2.75) is 44.2 Å². The van der Waals surface area contributed by atoms with Crippen LogP contribution in [0.5, 0.6) is 0 Å². The number of nitrogens with one attached hydrogen (secondary N) is 1. The van der Waals surface area contributed by atoms with Crippen LogP contribution in [0.1, 0.15) is 30.9 Å². The highest BCUT2D eigenvalue weighted by Gasteiger charge is 2.21. The predicted octanol–water partition coefficient (Wildman–Crippen LogP) is 1.25. The van der Waals surface area contributed by atoms with Crippen molar-refractivity contribution in [2.75, 3.05) is 19.6 Å². The molecule has 0 aliphatic carbocycles. The molecule has 118 valence electrons. The molecule has 1 aromatic rings. The van der Waals surface area contributed by atoms with Crippen LogP contribution in [0, 0.1) is 6.92 Å². The molecular weight excluding hydrogens is 288 g/mol. The van der Waals surface area contributed by atoms with Gasteiger partial charge in [-0.05, 0) is 63.0 Å². The summed E-state index contributed by atoms with van der Waals surface area (Å²) in [6, 6.07) is 5.05. The van der Waals surface area contributed by atoms with E-state index in [2.05, 4.69) is 9.62 Å². The highest BCUT2D eigenvalue weighted by Crippen LogP contribution is 2.16. The molecular formula is C15H24N2O3S. The number of aliphatic hydroxyl groups excluding tert-OH is 1. The molecule has 1 aliphatic rings. The summed E-state index contributed by atoms with van der Waals surface area (Å²) in [4.78, 5) is 2.52. The summed E-state index contributed by atoms with van der Waals surface area (Å²) in [5, 5.41) is 9.25. The van der Waals surface area contributed by atoms with E-state index in [1.165, 1.54) is 18.9 Å². The number of rotatable bonds is 6. The minimum absolute atomic E-state index is 0.153. The first-order chi connectivity index (χ1) is 9.94. The zero-order valence-electron chi connectivity index (χ0n) is 12.7. The van der Waals surface area contributed by atoms with Crippen LogP contribution in [0.3, 0.4) is 0 Å². The van der Waals surface area contributed by atoms with Crippen LogP contribution in [-0.4, -0.2) is 44.1 Å². The number of nitrogens with zero attached hydrogens (tertiary/aromatic N) is 1. The fraction of sp³-hybridized carbons (Fsp3) is 0.600. The molecule has 21 heavy (non-hydrogen) atoms. The van der Waals surface area contributed by atoms with Crippen LogP contribution in [0.4, 0.5) is 0 Å². The molecule has 1 aromatic carbocycles. The zero-order valence-corrected chi connectivity index (χ0v) is 13.5. The molecule has 6 heteroatoms. The molecule has 1 unspecified atom stereocenters. The Hall–Kier alpha value is -0.950. The maximum atomic E-state index is 12.3. The minimum atomic E-state index is -3.52. The van der Waals surface area contributed by atoms with Crippen molar-refractivity contribution in [1.82, 2.24) is 9.62 Å². The Morgan fingerprint density at radius 3 is 2.62 bits per heavy atom. The molecule has 1 saturated heterocycles. The van der Waals surface area contributed by atoms with Crippen LogP contribution in [0.15, 0.2) is 23.1 Å².